The van der Waals surface area contributed by atoms with Crippen LogP contribution in [0.25, 0.3) is 38.7 Å². The lowest BCUT2D eigenvalue weighted by atomic mass is 10.1. The van der Waals surface area contributed by atoms with E-state index in [1.807, 2.05) is 36.5 Å². The van der Waals surface area contributed by atoms with Crippen molar-refractivity contribution >= 4 is 33.0 Å². The number of rotatable bonds is 0. The smallest absolute Gasteiger partial charge is 0.227 e. The fraction of sp³-hybridized carbons (Fsp3) is 0.0500. The highest BCUT2D eigenvalue weighted by atomic mass is 16.3. The molecule has 0 bridgehead atoms. The summed E-state index contributed by atoms with van der Waals surface area (Å²) in [6.45, 7) is 0.759. The van der Waals surface area contributed by atoms with Crippen molar-refractivity contribution < 1.29 is 9.10 Å². The fourth-order valence-corrected chi connectivity index (χ4v) is 3.92. The summed E-state index contributed by atoms with van der Waals surface area (Å²) in [5, 5.41) is 12.4. The number of furan rings is 1. The average Bonchev–Trinajstić information content (AvgIpc) is 3.29. The summed E-state index contributed by atoms with van der Waals surface area (Å²) in [6.07, 6.45) is 3.79. The molecule has 0 saturated heterocycles. The SMILES string of the molecule is N#Cc1cccc2c1c[n+]1n2-c2c(ccc3c2oc2ncccc23)C1. The molecular formula is C20H11N4O+. The van der Waals surface area contributed by atoms with Gasteiger partial charge >= 0.3 is 0 Å². The molecule has 0 saturated carbocycles. The molecule has 1 aliphatic heterocycles. The Hall–Kier alpha value is -3.65. The number of hydrogen-bond acceptors (Lipinski definition) is 3. The van der Waals surface area contributed by atoms with E-state index in [9.17, 15) is 5.26 Å². The molecular weight excluding hydrogens is 312 g/mol. The van der Waals surface area contributed by atoms with Gasteiger partial charge in [-0.25, -0.2) is 4.98 Å². The van der Waals surface area contributed by atoms with Crippen LogP contribution in [0.15, 0.2) is 59.3 Å². The standard InChI is InChI=1S/C20H11N4O/c21-9-12-3-1-5-17-16(12)11-23-10-13-6-7-14-15-4-2-8-22-20(15)25-19(14)18(13)24(17)23/h1-8,11H,10H2/q+1. The van der Waals surface area contributed by atoms with Crippen LogP contribution in [0.1, 0.15) is 11.1 Å². The van der Waals surface area contributed by atoms with E-state index in [0.717, 1.165) is 39.5 Å². The molecule has 5 nitrogen and oxygen atoms in total. The van der Waals surface area contributed by atoms with Gasteiger partial charge in [0.05, 0.1) is 16.5 Å². The molecule has 0 fully saturated rings. The molecule has 116 valence electrons. The second kappa shape index (κ2) is 4.25. The van der Waals surface area contributed by atoms with Crippen LogP contribution < -0.4 is 4.68 Å². The first-order valence-corrected chi connectivity index (χ1v) is 8.09. The number of benzene rings is 2. The van der Waals surface area contributed by atoms with Gasteiger partial charge in [0.15, 0.2) is 17.8 Å². The van der Waals surface area contributed by atoms with E-state index in [1.165, 1.54) is 5.56 Å². The number of aromatic nitrogens is 3. The monoisotopic (exact) mass is 323 g/mol. The molecule has 2 aromatic carbocycles. The minimum absolute atomic E-state index is 0.651. The number of nitrogens with zero attached hydrogens (tertiary/aromatic N) is 4. The molecule has 5 aromatic rings. The summed E-state index contributed by atoms with van der Waals surface area (Å²) < 4.78 is 10.4. The van der Waals surface area contributed by atoms with Gasteiger partial charge in [0, 0.05) is 17.0 Å². The first-order chi connectivity index (χ1) is 12.3. The maximum absolute atomic E-state index is 9.39. The molecule has 0 N–H and O–H groups in total. The molecule has 0 spiro atoms. The number of hydrogen-bond donors (Lipinski definition) is 0. The van der Waals surface area contributed by atoms with Gasteiger partial charge in [-0.05, 0) is 36.4 Å². The molecule has 0 radical (unpaired) electrons. The summed E-state index contributed by atoms with van der Waals surface area (Å²) in [7, 11) is 0. The highest BCUT2D eigenvalue weighted by Gasteiger charge is 2.32. The molecule has 0 aliphatic carbocycles. The van der Waals surface area contributed by atoms with E-state index in [1.54, 1.807) is 6.20 Å². The summed E-state index contributed by atoms with van der Waals surface area (Å²) >= 11 is 0. The molecule has 3 aromatic heterocycles. The van der Waals surface area contributed by atoms with Gasteiger partial charge in [0.2, 0.25) is 11.9 Å². The van der Waals surface area contributed by atoms with E-state index >= 15 is 0 Å². The molecule has 4 heterocycles. The predicted molar refractivity (Wildman–Crippen MR) is 92.4 cm³/mol. The Balaban J connectivity index is 1.80. The van der Waals surface area contributed by atoms with Crippen LogP contribution in [0.3, 0.4) is 0 Å². The Morgan fingerprint density at radius 1 is 1.08 bits per heavy atom. The maximum atomic E-state index is 9.39. The van der Waals surface area contributed by atoms with Crippen LogP contribution in [0, 0.1) is 11.3 Å². The van der Waals surface area contributed by atoms with E-state index in [2.05, 4.69) is 32.5 Å². The van der Waals surface area contributed by atoms with Crippen LogP contribution in [0.5, 0.6) is 0 Å². The molecule has 5 heteroatoms. The summed E-state index contributed by atoms with van der Waals surface area (Å²) in [5.41, 5.74) is 5.44. The van der Waals surface area contributed by atoms with Gasteiger partial charge in [-0.2, -0.15) is 5.26 Å². The zero-order valence-electron chi connectivity index (χ0n) is 13.1. The molecule has 1 aliphatic rings. The Bertz CT molecular complexity index is 1380. The summed E-state index contributed by atoms with van der Waals surface area (Å²) in [5.74, 6) is 0. The van der Waals surface area contributed by atoms with Crippen molar-refractivity contribution in [3.63, 3.8) is 0 Å². The largest absolute Gasteiger partial charge is 0.435 e. The number of pyridine rings is 1. The van der Waals surface area contributed by atoms with E-state index in [4.69, 9.17) is 4.42 Å². The summed E-state index contributed by atoms with van der Waals surface area (Å²) in [6, 6.07) is 16.3. The van der Waals surface area contributed by atoms with Crippen molar-refractivity contribution in [2.75, 3.05) is 0 Å². The van der Waals surface area contributed by atoms with Crippen LogP contribution >= 0.6 is 0 Å². The van der Waals surface area contributed by atoms with Gasteiger partial charge in [0.25, 0.3) is 0 Å². The first kappa shape index (κ1) is 12.7. The maximum Gasteiger partial charge on any atom is 0.227 e. The van der Waals surface area contributed by atoms with Crippen molar-refractivity contribution in [3.8, 4) is 11.8 Å². The lowest BCUT2D eigenvalue weighted by Gasteiger charge is -1.99. The van der Waals surface area contributed by atoms with Crippen LogP contribution in [-0.4, -0.2) is 9.67 Å². The van der Waals surface area contributed by atoms with Crippen molar-refractivity contribution in [1.82, 2.24) is 9.67 Å². The van der Waals surface area contributed by atoms with Gasteiger partial charge in [-0.15, -0.1) is 9.36 Å². The lowest BCUT2D eigenvalue weighted by molar-refractivity contribution is -0.749. The zero-order chi connectivity index (χ0) is 16.5. The molecule has 0 unspecified atom stereocenters. The Morgan fingerprint density at radius 3 is 2.96 bits per heavy atom. The molecule has 0 atom stereocenters. The molecule has 0 amide bonds. The quantitative estimate of drug-likeness (QED) is 0.402. The van der Waals surface area contributed by atoms with Crippen molar-refractivity contribution in [3.05, 3.63) is 66.0 Å². The fourth-order valence-electron chi connectivity index (χ4n) is 3.92. The van der Waals surface area contributed by atoms with Crippen LogP contribution in [0.4, 0.5) is 0 Å². The minimum Gasteiger partial charge on any atom is -0.435 e. The molecule has 25 heavy (non-hydrogen) atoms. The first-order valence-electron chi connectivity index (χ1n) is 8.09. The van der Waals surface area contributed by atoms with E-state index in [0.29, 0.717) is 11.3 Å². The third-order valence-electron chi connectivity index (χ3n) is 4.99. The van der Waals surface area contributed by atoms with Crippen molar-refractivity contribution in [2.24, 2.45) is 0 Å². The number of fused-ring (bicyclic) bond motifs is 9. The predicted octanol–water partition coefficient (Wildman–Crippen LogP) is 3.45. The van der Waals surface area contributed by atoms with Crippen LogP contribution in [-0.2, 0) is 6.54 Å². The third-order valence-corrected chi connectivity index (χ3v) is 4.99. The normalized spacial score (nSPS) is 12.6. The third kappa shape index (κ3) is 1.47. The van der Waals surface area contributed by atoms with Gasteiger partial charge in [-0.1, -0.05) is 6.07 Å². The Labute approximate surface area is 141 Å². The van der Waals surface area contributed by atoms with Crippen molar-refractivity contribution in [2.45, 2.75) is 6.54 Å². The van der Waals surface area contributed by atoms with Gasteiger partial charge < -0.3 is 4.42 Å². The topological polar surface area (TPSA) is 58.6 Å². The number of nitriles is 1. The van der Waals surface area contributed by atoms with Crippen LogP contribution in [0.2, 0.25) is 0 Å². The van der Waals surface area contributed by atoms with Gasteiger partial charge in [-0.3, -0.25) is 0 Å². The highest BCUT2D eigenvalue weighted by molar-refractivity contribution is 6.07. The van der Waals surface area contributed by atoms with Gasteiger partial charge in [0.1, 0.15) is 11.6 Å². The zero-order valence-corrected chi connectivity index (χ0v) is 13.1. The Morgan fingerprint density at radius 2 is 2.04 bits per heavy atom. The Kier molecular flexibility index (Phi) is 2.16. The second-order valence-corrected chi connectivity index (χ2v) is 6.30. The minimum atomic E-state index is 0.651. The highest BCUT2D eigenvalue weighted by Crippen LogP contribution is 2.36. The lowest BCUT2D eigenvalue weighted by Crippen LogP contribution is -2.36. The van der Waals surface area contributed by atoms with Crippen molar-refractivity contribution in [1.29, 1.82) is 5.26 Å². The molecule has 6 rings (SSSR count). The van der Waals surface area contributed by atoms with E-state index in [-0.39, 0.29) is 0 Å². The summed E-state index contributed by atoms with van der Waals surface area (Å²) in [4.78, 5) is 4.35. The van der Waals surface area contributed by atoms with E-state index < -0.39 is 0 Å². The average molecular weight is 323 g/mol. The second-order valence-electron chi connectivity index (χ2n) is 6.30.